The summed E-state index contributed by atoms with van der Waals surface area (Å²) < 4.78 is 7.87. The molecule has 8 nitrogen and oxygen atoms in total. The lowest BCUT2D eigenvalue weighted by Crippen LogP contribution is -2.27. The molecule has 1 aliphatic heterocycles. The van der Waals surface area contributed by atoms with Crippen LogP contribution in [0.25, 0.3) is 22.2 Å². The van der Waals surface area contributed by atoms with Crippen molar-refractivity contribution >= 4 is 28.0 Å². The molecule has 164 valence electrons. The van der Waals surface area contributed by atoms with Gasteiger partial charge in [0.15, 0.2) is 0 Å². The Morgan fingerprint density at radius 2 is 2.00 bits per heavy atom. The Labute approximate surface area is 181 Å². The number of benzene rings is 2. The van der Waals surface area contributed by atoms with Gasteiger partial charge in [-0.25, -0.2) is 0 Å². The maximum Gasteiger partial charge on any atom is 0.293 e. The van der Waals surface area contributed by atoms with Crippen molar-refractivity contribution in [2.75, 3.05) is 31.6 Å². The van der Waals surface area contributed by atoms with Crippen molar-refractivity contribution in [2.45, 2.75) is 40.2 Å². The molecular formula is C23H29N5O3. The van der Waals surface area contributed by atoms with E-state index in [2.05, 4.69) is 31.0 Å². The Kier molecular flexibility index (Phi) is 6.08. The Hall–Kier alpha value is -3.13. The first-order valence-corrected chi connectivity index (χ1v) is 11.0. The van der Waals surface area contributed by atoms with Crippen molar-refractivity contribution in [3.05, 3.63) is 40.4 Å². The second-order valence-electron chi connectivity index (χ2n) is 7.74. The van der Waals surface area contributed by atoms with Gasteiger partial charge in [-0.3, -0.25) is 14.8 Å². The van der Waals surface area contributed by atoms with E-state index in [4.69, 9.17) is 9.84 Å². The number of unbranched alkanes of at least 4 members (excludes halogenated alkanes) is 1. The van der Waals surface area contributed by atoms with E-state index in [9.17, 15) is 10.1 Å². The third kappa shape index (κ3) is 3.95. The first-order valence-electron chi connectivity index (χ1n) is 11.0. The Morgan fingerprint density at radius 1 is 1.19 bits per heavy atom. The highest BCUT2D eigenvalue weighted by Crippen LogP contribution is 2.47. The zero-order valence-electron chi connectivity index (χ0n) is 18.4. The molecule has 0 fully saturated rings. The molecule has 0 aliphatic carbocycles. The zero-order valence-corrected chi connectivity index (χ0v) is 18.4. The van der Waals surface area contributed by atoms with Gasteiger partial charge in [-0.2, -0.15) is 5.10 Å². The van der Waals surface area contributed by atoms with E-state index >= 15 is 0 Å². The lowest BCUT2D eigenvalue weighted by Gasteiger charge is -2.19. The molecular weight excluding hydrogens is 394 g/mol. The molecule has 31 heavy (non-hydrogen) atoms. The minimum absolute atomic E-state index is 0.0611. The summed E-state index contributed by atoms with van der Waals surface area (Å²) in [4.78, 5) is 13.7. The average molecular weight is 424 g/mol. The highest BCUT2D eigenvalue weighted by Gasteiger charge is 2.29. The number of nitro groups is 1. The second-order valence-corrected chi connectivity index (χ2v) is 7.74. The number of nitro benzene ring substituents is 1. The van der Waals surface area contributed by atoms with Crippen LogP contribution in [0.1, 0.15) is 33.6 Å². The van der Waals surface area contributed by atoms with Crippen LogP contribution in [0.2, 0.25) is 0 Å². The molecule has 0 atom stereocenters. The monoisotopic (exact) mass is 423 g/mol. The van der Waals surface area contributed by atoms with E-state index in [1.165, 1.54) is 0 Å². The summed E-state index contributed by atoms with van der Waals surface area (Å²) in [5, 5.41) is 20.7. The van der Waals surface area contributed by atoms with Gasteiger partial charge < -0.3 is 15.0 Å². The molecule has 0 radical (unpaired) electrons. The molecule has 3 aromatic rings. The summed E-state index contributed by atoms with van der Waals surface area (Å²) in [6.07, 6.45) is 2.07. The standard InChI is InChI=1S/C23H29N5O3/c1-4-7-14-31-16-8-9-18-17(15-16)22-21-19(10-11-20(28(29)30)23(21)24-18)27(25-22)13-12-26(5-2)6-3/h8-11,15,24H,4-7,12-14H2,1-3H3. The van der Waals surface area contributed by atoms with E-state index in [-0.39, 0.29) is 10.6 Å². The van der Waals surface area contributed by atoms with Crippen LogP contribution in [0.3, 0.4) is 0 Å². The number of likely N-dealkylation sites (N-methyl/N-ethyl adjacent to an activating group) is 1. The van der Waals surface area contributed by atoms with Gasteiger partial charge in [0.1, 0.15) is 17.1 Å². The Balaban J connectivity index is 1.80. The summed E-state index contributed by atoms with van der Waals surface area (Å²) in [5.41, 5.74) is 3.96. The number of nitrogens with one attached hydrogen (secondary N) is 1. The van der Waals surface area contributed by atoms with Crippen LogP contribution >= 0.6 is 0 Å². The molecule has 0 spiro atoms. The molecule has 0 saturated heterocycles. The summed E-state index contributed by atoms with van der Waals surface area (Å²) in [7, 11) is 0. The van der Waals surface area contributed by atoms with E-state index in [1.807, 2.05) is 28.9 Å². The molecule has 0 unspecified atom stereocenters. The number of rotatable bonds is 10. The fourth-order valence-electron chi connectivity index (χ4n) is 4.06. The summed E-state index contributed by atoms with van der Waals surface area (Å²) in [6, 6.07) is 9.17. The van der Waals surface area contributed by atoms with Gasteiger partial charge in [0.2, 0.25) is 0 Å². The molecule has 0 bridgehead atoms. The van der Waals surface area contributed by atoms with Gasteiger partial charge in [-0.05, 0) is 43.8 Å². The van der Waals surface area contributed by atoms with E-state index in [0.29, 0.717) is 12.3 Å². The van der Waals surface area contributed by atoms with Gasteiger partial charge >= 0.3 is 0 Å². The molecule has 4 rings (SSSR count). The topological polar surface area (TPSA) is 85.5 Å². The number of aromatic nitrogens is 2. The fourth-order valence-corrected chi connectivity index (χ4v) is 4.06. The minimum Gasteiger partial charge on any atom is -0.494 e. The second kappa shape index (κ2) is 8.93. The van der Waals surface area contributed by atoms with Crippen LogP contribution in [0.4, 0.5) is 17.1 Å². The van der Waals surface area contributed by atoms with Gasteiger partial charge in [0.05, 0.1) is 29.0 Å². The highest BCUT2D eigenvalue weighted by atomic mass is 16.6. The molecule has 1 aromatic heterocycles. The third-order valence-electron chi connectivity index (χ3n) is 5.89. The predicted molar refractivity (Wildman–Crippen MR) is 123 cm³/mol. The van der Waals surface area contributed by atoms with Crippen LogP contribution in [0.5, 0.6) is 5.75 Å². The number of fused-ring (bicyclic) bond motifs is 2. The molecule has 0 amide bonds. The normalized spacial score (nSPS) is 12.1. The van der Waals surface area contributed by atoms with Crippen LogP contribution in [0, 0.1) is 10.1 Å². The first-order chi connectivity index (χ1) is 15.1. The predicted octanol–water partition coefficient (Wildman–Crippen LogP) is 5.19. The van der Waals surface area contributed by atoms with Crippen molar-refractivity contribution in [3.63, 3.8) is 0 Å². The quantitative estimate of drug-likeness (QED) is 0.215. The largest absolute Gasteiger partial charge is 0.494 e. The number of hydrogen-bond acceptors (Lipinski definition) is 6. The SMILES string of the molecule is CCCCOc1ccc2c(c1)-c1nn(CCN(CC)CC)c3ccc([N+](=O)[O-])c(c13)N2. The number of anilines is 2. The number of ether oxygens (including phenoxy) is 1. The lowest BCUT2D eigenvalue weighted by molar-refractivity contribution is -0.383. The molecule has 1 N–H and O–H groups in total. The van der Waals surface area contributed by atoms with Gasteiger partial charge in [0.25, 0.3) is 5.69 Å². The number of hydrogen-bond donors (Lipinski definition) is 1. The molecule has 2 heterocycles. The molecule has 1 aliphatic rings. The van der Waals surface area contributed by atoms with Gasteiger partial charge in [-0.1, -0.05) is 27.2 Å². The maximum atomic E-state index is 11.7. The fraction of sp³-hybridized carbons (Fsp3) is 0.435. The lowest BCUT2D eigenvalue weighted by atomic mass is 9.99. The zero-order chi connectivity index (χ0) is 22.0. The summed E-state index contributed by atoms with van der Waals surface area (Å²) in [5.74, 6) is 0.786. The van der Waals surface area contributed by atoms with Crippen molar-refractivity contribution in [3.8, 4) is 17.0 Å². The summed E-state index contributed by atoms with van der Waals surface area (Å²) in [6.45, 7) is 10.6. The average Bonchev–Trinajstić information content (AvgIpc) is 3.15. The van der Waals surface area contributed by atoms with Crippen molar-refractivity contribution in [2.24, 2.45) is 0 Å². The molecule has 0 saturated carbocycles. The van der Waals surface area contributed by atoms with Gasteiger partial charge in [-0.15, -0.1) is 0 Å². The minimum atomic E-state index is -0.341. The third-order valence-corrected chi connectivity index (χ3v) is 5.89. The smallest absolute Gasteiger partial charge is 0.293 e. The summed E-state index contributed by atoms with van der Waals surface area (Å²) >= 11 is 0. The van der Waals surface area contributed by atoms with Crippen LogP contribution in [0.15, 0.2) is 30.3 Å². The maximum absolute atomic E-state index is 11.7. The van der Waals surface area contributed by atoms with Crippen LogP contribution < -0.4 is 10.1 Å². The highest BCUT2D eigenvalue weighted by molar-refractivity contribution is 6.12. The van der Waals surface area contributed by atoms with Gasteiger partial charge in [0, 0.05) is 23.9 Å². The Morgan fingerprint density at radius 3 is 2.71 bits per heavy atom. The molecule has 8 heteroatoms. The van der Waals surface area contributed by atoms with E-state index < -0.39 is 0 Å². The van der Waals surface area contributed by atoms with Crippen molar-refractivity contribution in [1.82, 2.24) is 14.7 Å². The van der Waals surface area contributed by atoms with Crippen molar-refractivity contribution in [1.29, 1.82) is 0 Å². The van der Waals surface area contributed by atoms with Crippen LogP contribution in [-0.2, 0) is 6.54 Å². The Bertz CT molecular complexity index is 1100. The van der Waals surface area contributed by atoms with E-state index in [0.717, 1.165) is 72.6 Å². The van der Waals surface area contributed by atoms with Crippen molar-refractivity contribution < 1.29 is 9.66 Å². The molecule has 2 aromatic carbocycles. The van der Waals surface area contributed by atoms with Crippen LogP contribution in [-0.4, -0.2) is 45.8 Å². The number of nitrogens with zero attached hydrogens (tertiary/aromatic N) is 4. The first kappa shape index (κ1) is 21.1. The van der Waals surface area contributed by atoms with E-state index in [1.54, 1.807) is 6.07 Å².